The highest BCUT2D eigenvalue weighted by molar-refractivity contribution is 7.89. The van der Waals surface area contributed by atoms with E-state index in [1.54, 1.807) is 6.92 Å². The largest absolute Gasteiger partial charge is 0.418 e. The summed E-state index contributed by atoms with van der Waals surface area (Å²) in [5.74, 6) is -0.827. The Balaban J connectivity index is 2.17. The summed E-state index contributed by atoms with van der Waals surface area (Å²) in [5, 5.41) is 7.51. The first kappa shape index (κ1) is 18.0. The lowest BCUT2D eigenvalue weighted by Gasteiger charge is -2.23. The lowest BCUT2D eigenvalue weighted by atomic mass is 10.1. The van der Waals surface area contributed by atoms with Crippen LogP contribution in [-0.4, -0.2) is 34.0 Å². The van der Waals surface area contributed by atoms with Gasteiger partial charge in [0.25, 0.3) is 0 Å². The van der Waals surface area contributed by atoms with Crippen LogP contribution in [0.1, 0.15) is 18.9 Å². The summed E-state index contributed by atoms with van der Waals surface area (Å²) < 4.78 is 72.4. The van der Waals surface area contributed by atoms with Crippen LogP contribution in [0.5, 0.6) is 0 Å². The van der Waals surface area contributed by atoms with Gasteiger partial charge < -0.3 is 14.8 Å². The number of nitrogens with two attached hydrogens (primary N) is 1. The molecule has 1 aromatic rings. The van der Waals surface area contributed by atoms with Gasteiger partial charge in [0.15, 0.2) is 5.79 Å². The van der Waals surface area contributed by atoms with E-state index < -0.39 is 32.4 Å². The molecule has 0 spiro atoms. The maximum absolute atomic E-state index is 13.1. The first-order valence-electron chi connectivity index (χ1n) is 6.77. The number of anilines is 1. The van der Waals surface area contributed by atoms with Crippen LogP contribution >= 0.6 is 0 Å². The number of alkyl halides is 3. The normalized spacial score (nSPS) is 18.1. The van der Waals surface area contributed by atoms with Crippen molar-refractivity contribution in [2.75, 3.05) is 25.1 Å². The van der Waals surface area contributed by atoms with Crippen molar-refractivity contribution in [1.29, 1.82) is 0 Å². The highest BCUT2D eigenvalue weighted by Gasteiger charge is 2.35. The maximum atomic E-state index is 13.1. The van der Waals surface area contributed by atoms with E-state index in [4.69, 9.17) is 14.6 Å². The summed E-state index contributed by atoms with van der Waals surface area (Å²) in [6.07, 6.45) is -4.38. The quantitative estimate of drug-likeness (QED) is 0.843. The van der Waals surface area contributed by atoms with Crippen LogP contribution < -0.4 is 10.5 Å². The molecule has 1 saturated heterocycles. The number of benzene rings is 1. The van der Waals surface area contributed by atoms with Gasteiger partial charge in [0, 0.05) is 18.7 Å². The molecular weight excluding hydrogens is 337 g/mol. The Labute approximate surface area is 131 Å². The van der Waals surface area contributed by atoms with E-state index in [0.29, 0.717) is 25.7 Å². The molecule has 1 heterocycles. The molecule has 130 valence electrons. The Hall–Kier alpha value is -1.36. The third-order valence-electron chi connectivity index (χ3n) is 3.42. The molecule has 23 heavy (non-hydrogen) atoms. The first-order valence-corrected chi connectivity index (χ1v) is 8.32. The van der Waals surface area contributed by atoms with E-state index in [0.717, 1.165) is 12.1 Å². The lowest BCUT2D eigenvalue weighted by molar-refractivity contribution is -0.144. The second kappa shape index (κ2) is 6.27. The third kappa shape index (κ3) is 4.56. The van der Waals surface area contributed by atoms with Crippen LogP contribution in [0.25, 0.3) is 0 Å². The number of halogens is 3. The van der Waals surface area contributed by atoms with Crippen LogP contribution in [0.3, 0.4) is 0 Å². The monoisotopic (exact) mass is 354 g/mol. The van der Waals surface area contributed by atoms with Gasteiger partial charge in [0.05, 0.1) is 23.7 Å². The van der Waals surface area contributed by atoms with Crippen molar-refractivity contribution in [3.8, 4) is 0 Å². The van der Waals surface area contributed by atoms with Crippen LogP contribution in [0.15, 0.2) is 23.1 Å². The van der Waals surface area contributed by atoms with Gasteiger partial charge in [-0.1, -0.05) is 0 Å². The zero-order chi connectivity index (χ0) is 17.3. The molecule has 0 aliphatic carbocycles. The predicted molar refractivity (Wildman–Crippen MR) is 76.2 cm³/mol. The van der Waals surface area contributed by atoms with Gasteiger partial charge in [-0.05, 0) is 25.1 Å². The zero-order valence-corrected chi connectivity index (χ0v) is 13.1. The van der Waals surface area contributed by atoms with Gasteiger partial charge in [-0.2, -0.15) is 13.2 Å². The molecule has 0 saturated carbocycles. The fraction of sp³-hybridized carbons (Fsp3) is 0.538. The molecule has 3 N–H and O–H groups in total. The van der Waals surface area contributed by atoms with Crippen molar-refractivity contribution < 1.29 is 31.1 Å². The Morgan fingerprint density at radius 3 is 2.43 bits per heavy atom. The Bertz CT molecular complexity index is 670. The van der Waals surface area contributed by atoms with Crippen molar-refractivity contribution in [1.82, 2.24) is 0 Å². The average molecular weight is 354 g/mol. The molecule has 1 aliphatic rings. The number of primary sulfonamides is 1. The van der Waals surface area contributed by atoms with Crippen molar-refractivity contribution in [3.63, 3.8) is 0 Å². The fourth-order valence-corrected chi connectivity index (χ4v) is 2.75. The summed E-state index contributed by atoms with van der Waals surface area (Å²) in [4.78, 5) is -0.593. The van der Waals surface area contributed by atoms with Gasteiger partial charge in [-0.15, -0.1) is 0 Å². The molecule has 1 fully saturated rings. The molecule has 0 atom stereocenters. The van der Waals surface area contributed by atoms with E-state index in [1.165, 1.54) is 0 Å². The zero-order valence-electron chi connectivity index (χ0n) is 12.3. The Kier molecular flexibility index (Phi) is 4.90. The Morgan fingerprint density at radius 2 is 1.91 bits per heavy atom. The van der Waals surface area contributed by atoms with Crippen LogP contribution in [0, 0.1) is 0 Å². The van der Waals surface area contributed by atoms with Gasteiger partial charge in [-0.25, -0.2) is 13.6 Å². The van der Waals surface area contributed by atoms with E-state index in [9.17, 15) is 21.6 Å². The molecular formula is C13H17F3N2O4S. The molecule has 0 unspecified atom stereocenters. The van der Waals surface area contributed by atoms with Crippen molar-refractivity contribution in [2.45, 2.75) is 30.2 Å². The summed E-state index contributed by atoms with van der Waals surface area (Å²) in [7, 11) is -4.21. The number of rotatable bonds is 5. The summed E-state index contributed by atoms with van der Waals surface area (Å²) >= 11 is 0. The van der Waals surface area contributed by atoms with Gasteiger partial charge in [0.2, 0.25) is 10.0 Å². The molecule has 10 heteroatoms. The topological polar surface area (TPSA) is 90.7 Å². The minimum Gasteiger partial charge on any atom is -0.384 e. The fourth-order valence-electron chi connectivity index (χ4n) is 2.21. The minimum absolute atomic E-state index is 0.161. The minimum atomic E-state index is -4.71. The van der Waals surface area contributed by atoms with Gasteiger partial charge in [-0.3, -0.25) is 0 Å². The second-order valence-corrected chi connectivity index (χ2v) is 6.82. The molecule has 0 aromatic heterocycles. The molecule has 1 aliphatic heterocycles. The summed E-state index contributed by atoms with van der Waals surface area (Å²) in [5.41, 5.74) is -1.33. The van der Waals surface area contributed by atoms with Crippen LogP contribution in [0.2, 0.25) is 0 Å². The number of hydrogen-bond acceptors (Lipinski definition) is 5. The average Bonchev–Trinajstić information content (AvgIpc) is 2.83. The number of hydrogen-bond donors (Lipinski definition) is 2. The van der Waals surface area contributed by atoms with E-state index in [2.05, 4.69) is 5.32 Å². The van der Waals surface area contributed by atoms with Crippen LogP contribution in [-0.2, 0) is 25.7 Å². The molecule has 0 bridgehead atoms. The SMILES string of the molecule is CC1(CCNc2ccc(S(N)(=O)=O)cc2C(F)(F)F)OCCO1. The van der Waals surface area contributed by atoms with Crippen molar-refractivity contribution in [3.05, 3.63) is 23.8 Å². The van der Waals surface area contributed by atoms with Gasteiger partial charge >= 0.3 is 6.18 Å². The Morgan fingerprint density at radius 1 is 1.30 bits per heavy atom. The third-order valence-corrected chi connectivity index (χ3v) is 4.33. The summed E-state index contributed by atoms with van der Waals surface area (Å²) in [6.45, 7) is 2.74. The van der Waals surface area contributed by atoms with Gasteiger partial charge in [0.1, 0.15) is 0 Å². The molecule has 6 nitrogen and oxygen atoms in total. The number of nitrogens with one attached hydrogen (secondary N) is 1. The lowest BCUT2D eigenvalue weighted by Crippen LogP contribution is -2.28. The smallest absolute Gasteiger partial charge is 0.384 e. The molecule has 0 radical (unpaired) electrons. The second-order valence-electron chi connectivity index (χ2n) is 5.26. The molecule has 1 aromatic carbocycles. The summed E-state index contributed by atoms with van der Waals surface area (Å²) in [6, 6.07) is 2.58. The van der Waals surface area contributed by atoms with E-state index in [1.807, 2.05) is 0 Å². The van der Waals surface area contributed by atoms with E-state index in [-0.39, 0.29) is 12.2 Å². The van der Waals surface area contributed by atoms with E-state index >= 15 is 0 Å². The molecule has 0 amide bonds. The predicted octanol–water partition coefficient (Wildman–Crippen LogP) is 1.92. The van der Waals surface area contributed by atoms with Crippen LogP contribution in [0.4, 0.5) is 18.9 Å². The van der Waals surface area contributed by atoms with Crippen molar-refractivity contribution in [2.24, 2.45) is 5.14 Å². The maximum Gasteiger partial charge on any atom is 0.418 e. The standard InChI is InChI=1S/C13H17F3N2O4S/c1-12(21-6-7-22-12)4-5-18-11-3-2-9(23(17,19)20)8-10(11)13(14,15)16/h2-3,8,18H,4-7H2,1H3,(H2,17,19,20). The highest BCUT2D eigenvalue weighted by atomic mass is 32.2. The number of sulfonamides is 1. The number of ether oxygens (including phenoxy) is 2. The first-order chi connectivity index (χ1) is 10.5. The molecule has 2 rings (SSSR count). The highest BCUT2D eigenvalue weighted by Crippen LogP contribution is 2.36. The van der Waals surface area contributed by atoms with Crippen molar-refractivity contribution >= 4 is 15.7 Å².